The molecule has 2 aromatic rings. The van der Waals surface area contributed by atoms with E-state index in [-0.39, 0.29) is 24.8 Å². The lowest BCUT2D eigenvalue weighted by Gasteiger charge is -2.23. The summed E-state index contributed by atoms with van der Waals surface area (Å²) in [5.41, 5.74) is 1.30. The molecule has 0 aliphatic carbocycles. The molecule has 0 radical (unpaired) electrons. The van der Waals surface area contributed by atoms with Gasteiger partial charge in [-0.15, -0.1) is 0 Å². The molecule has 2 rings (SSSR count). The zero-order chi connectivity index (χ0) is 24.4. The SMILES string of the molecule is CC(C)[C@@H](NC(=O)OCc1ccccc1)C(=O)N[C@H](C)C(=O)OCc1ccc([N+](=O)[O-])cc1. The molecule has 0 aliphatic rings. The summed E-state index contributed by atoms with van der Waals surface area (Å²) < 4.78 is 10.3. The van der Waals surface area contributed by atoms with Gasteiger partial charge in [0.2, 0.25) is 5.91 Å². The van der Waals surface area contributed by atoms with Gasteiger partial charge in [0.05, 0.1) is 4.92 Å². The molecule has 0 saturated heterocycles. The Hall–Kier alpha value is -3.95. The van der Waals surface area contributed by atoms with Crippen molar-refractivity contribution in [2.24, 2.45) is 5.92 Å². The van der Waals surface area contributed by atoms with E-state index in [4.69, 9.17) is 9.47 Å². The molecule has 0 spiro atoms. The fourth-order valence-corrected chi connectivity index (χ4v) is 2.78. The number of nitro benzene ring substituents is 1. The second-order valence-electron chi connectivity index (χ2n) is 7.69. The number of rotatable bonds is 10. The fourth-order valence-electron chi connectivity index (χ4n) is 2.78. The van der Waals surface area contributed by atoms with Crippen molar-refractivity contribution in [3.05, 3.63) is 75.8 Å². The zero-order valence-corrected chi connectivity index (χ0v) is 18.6. The third-order valence-electron chi connectivity index (χ3n) is 4.68. The standard InChI is InChI=1S/C23H27N3O7/c1-15(2)20(25-23(29)33-14-17-7-5-4-6-8-17)21(27)24-16(3)22(28)32-13-18-9-11-19(12-10-18)26(30)31/h4-12,15-16,20H,13-14H2,1-3H3,(H,24,27)(H,25,29)/t16-,20-/m1/s1. The van der Waals surface area contributed by atoms with Crippen molar-refractivity contribution in [3.8, 4) is 0 Å². The van der Waals surface area contributed by atoms with Gasteiger partial charge in [0, 0.05) is 12.1 Å². The van der Waals surface area contributed by atoms with E-state index in [1.807, 2.05) is 30.3 Å². The van der Waals surface area contributed by atoms with Crippen molar-refractivity contribution >= 4 is 23.7 Å². The van der Waals surface area contributed by atoms with E-state index < -0.39 is 35.0 Å². The molecular formula is C23H27N3O7. The van der Waals surface area contributed by atoms with Crippen LogP contribution in [0, 0.1) is 16.0 Å². The van der Waals surface area contributed by atoms with Gasteiger partial charge in [-0.1, -0.05) is 44.2 Å². The van der Waals surface area contributed by atoms with Crippen LogP contribution in [0.5, 0.6) is 0 Å². The third kappa shape index (κ3) is 8.24. The molecule has 33 heavy (non-hydrogen) atoms. The van der Waals surface area contributed by atoms with E-state index in [1.54, 1.807) is 13.8 Å². The molecule has 0 heterocycles. The average Bonchev–Trinajstić information content (AvgIpc) is 2.80. The van der Waals surface area contributed by atoms with Crippen LogP contribution in [0.2, 0.25) is 0 Å². The highest BCUT2D eigenvalue weighted by Crippen LogP contribution is 2.13. The van der Waals surface area contributed by atoms with E-state index in [1.165, 1.54) is 31.2 Å². The number of alkyl carbamates (subject to hydrolysis) is 1. The van der Waals surface area contributed by atoms with Crippen molar-refractivity contribution in [1.82, 2.24) is 10.6 Å². The molecule has 0 aromatic heterocycles. The van der Waals surface area contributed by atoms with Crippen LogP contribution in [0.3, 0.4) is 0 Å². The molecule has 2 amide bonds. The van der Waals surface area contributed by atoms with E-state index in [0.29, 0.717) is 5.56 Å². The van der Waals surface area contributed by atoms with E-state index in [9.17, 15) is 24.5 Å². The van der Waals surface area contributed by atoms with Gasteiger partial charge < -0.3 is 20.1 Å². The monoisotopic (exact) mass is 457 g/mol. The van der Waals surface area contributed by atoms with Gasteiger partial charge in [-0.05, 0) is 36.1 Å². The van der Waals surface area contributed by atoms with Crippen LogP contribution in [0.25, 0.3) is 0 Å². The number of nitrogens with one attached hydrogen (secondary N) is 2. The van der Waals surface area contributed by atoms with Crippen LogP contribution in [0.15, 0.2) is 54.6 Å². The largest absolute Gasteiger partial charge is 0.459 e. The predicted octanol–water partition coefficient (Wildman–Crippen LogP) is 3.09. The van der Waals surface area contributed by atoms with Gasteiger partial charge in [0.25, 0.3) is 5.69 Å². The number of benzene rings is 2. The molecule has 0 unspecified atom stereocenters. The first-order valence-electron chi connectivity index (χ1n) is 10.3. The number of nitro groups is 1. The van der Waals surface area contributed by atoms with Crippen LogP contribution in [0.1, 0.15) is 31.9 Å². The van der Waals surface area contributed by atoms with Crippen molar-refractivity contribution < 1.29 is 28.8 Å². The van der Waals surface area contributed by atoms with Crippen molar-refractivity contribution in [2.45, 2.75) is 46.1 Å². The molecule has 0 saturated carbocycles. The average molecular weight is 457 g/mol. The Morgan fingerprint density at radius 3 is 2.03 bits per heavy atom. The predicted molar refractivity (Wildman–Crippen MR) is 119 cm³/mol. The smallest absolute Gasteiger partial charge is 0.408 e. The lowest BCUT2D eigenvalue weighted by Crippen LogP contribution is -2.53. The van der Waals surface area contributed by atoms with Crippen LogP contribution in [-0.2, 0) is 32.3 Å². The first kappa shape index (κ1) is 25.3. The minimum Gasteiger partial charge on any atom is -0.459 e. The number of esters is 1. The highest BCUT2D eigenvalue weighted by atomic mass is 16.6. The number of non-ortho nitro benzene ring substituents is 1. The van der Waals surface area contributed by atoms with Gasteiger partial charge in [-0.3, -0.25) is 14.9 Å². The van der Waals surface area contributed by atoms with Crippen molar-refractivity contribution in [2.75, 3.05) is 0 Å². The molecule has 2 aromatic carbocycles. The molecule has 10 heteroatoms. The first-order valence-corrected chi connectivity index (χ1v) is 10.3. The van der Waals surface area contributed by atoms with Gasteiger partial charge in [0.1, 0.15) is 25.3 Å². The Morgan fingerprint density at radius 2 is 1.45 bits per heavy atom. The summed E-state index contributed by atoms with van der Waals surface area (Å²) in [6, 6.07) is 12.8. The first-order chi connectivity index (χ1) is 15.7. The molecule has 0 bridgehead atoms. The number of carbonyl (C=O) groups excluding carboxylic acids is 3. The summed E-state index contributed by atoms with van der Waals surface area (Å²) in [7, 11) is 0. The number of hydrogen-bond donors (Lipinski definition) is 2. The Morgan fingerprint density at radius 1 is 0.879 bits per heavy atom. The lowest BCUT2D eigenvalue weighted by molar-refractivity contribution is -0.384. The Bertz CT molecular complexity index is 962. The maximum atomic E-state index is 12.6. The summed E-state index contributed by atoms with van der Waals surface area (Å²) in [5, 5.41) is 15.7. The van der Waals surface area contributed by atoms with Gasteiger partial charge in [-0.25, -0.2) is 9.59 Å². The molecule has 2 atom stereocenters. The van der Waals surface area contributed by atoms with E-state index >= 15 is 0 Å². The van der Waals surface area contributed by atoms with Crippen molar-refractivity contribution in [3.63, 3.8) is 0 Å². The van der Waals surface area contributed by atoms with Gasteiger partial charge in [-0.2, -0.15) is 0 Å². The summed E-state index contributed by atoms with van der Waals surface area (Å²) in [4.78, 5) is 47.2. The molecule has 176 valence electrons. The summed E-state index contributed by atoms with van der Waals surface area (Å²) >= 11 is 0. The van der Waals surface area contributed by atoms with Gasteiger partial charge in [0.15, 0.2) is 0 Å². The van der Waals surface area contributed by atoms with Crippen LogP contribution >= 0.6 is 0 Å². The fraction of sp³-hybridized carbons (Fsp3) is 0.348. The van der Waals surface area contributed by atoms with Crippen LogP contribution < -0.4 is 10.6 Å². The third-order valence-corrected chi connectivity index (χ3v) is 4.68. The number of nitrogens with zero attached hydrogens (tertiary/aromatic N) is 1. The number of hydrogen-bond acceptors (Lipinski definition) is 7. The van der Waals surface area contributed by atoms with E-state index in [0.717, 1.165) is 5.56 Å². The summed E-state index contributed by atoms with van der Waals surface area (Å²) in [6.45, 7) is 4.92. The number of carbonyl (C=O) groups is 3. The Kier molecular flexibility index (Phi) is 9.34. The normalized spacial score (nSPS) is 12.4. The minimum absolute atomic E-state index is 0.0600. The molecule has 10 nitrogen and oxygen atoms in total. The molecule has 0 aliphatic heterocycles. The molecule has 0 fully saturated rings. The number of ether oxygens (including phenoxy) is 2. The summed E-state index contributed by atoms with van der Waals surface area (Å²) in [6.07, 6.45) is -0.749. The number of amides is 2. The maximum Gasteiger partial charge on any atom is 0.408 e. The van der Waals surface area contributed by atoms with Gasteiger partial charge >= 0.3 is 12.1 Å². The molecular weight excluding hydrogens is 430 g/mol. The van der Waals surface area contributed by atoms with Crippen LogP contribution in [0.4, 0.5) is 10.5 Å². The Balaban J connectivity index is 1.83. The highest BCUT2D eigenvalue weighted by molar-refractivity contribution is 5.89. The topological polar surface area (TPSA) is 137 Å². The zero-order valence-electron chi connectivity index (χ0n) is 18.6. The Labute approximate surface area is 191 Å². The summed E-state index contributed by atoms with van der Waals surface area (Å²) in [5.74, 6) is -1.50. The lowest BCUT2D eigenvalue weighted by atomic mass is 10.0. The molecule has 2 N–H and O–H groups in total. The second kappa shape index (κ2) is 12.2. The maximum absolute atomic E-state index is 12.6. The quantitative estimate of drug-likeness (QED) is 0.318. The van der Waals surface area contributed by atoms with Crippen molar-refractivity contribution in [1.29, 1.82) is 0 Å². The van der Waals surface area contributed by atoms with Crippen LogP contribution in [-0.4, -0.2) is 35.0 Å². The second-order valence-corrected chi connectivity index (χ2v) is 7.69. The van der Waals surface area contributed by atoms with E-state index in [2.05, 4.69) is 10.6 Å². The minimum atomic E-state index is -0.973. The highest BCUT2D eigenvalue weighted by Gasteiger charge is 2.28.